The molecule has 1 aliphatic heterocycles. The van der Waals surface area contributed by atoms with Gasteiger partial charge in [-0.15, -0.1) is 0 Å². The molecule has 4 nitrogen and oxygen atoms in total. The average molecular weight is 296 g/mol. The normalized spacial score (nSPS) is 18.5. The fourth-order valence-corrected chi connectivity index (χ4v) is 2.82. The molecule has 1 amide bonds. The number of nitrogens with zero attached hydrogens (tertiary/aromatic N) is 1. The number of anilines is 1. The third-order valence-electron chi connectivity index (χ3n) is 4.24. The van der Waals surface area contributed by atoms with Crippen LogP contribution in [0, 0.1) is 0 Å². The molecule has 1 heterocycles. The van der Waals surface area contributed by atoms with Gasteiger partial charge in [-0.3, -0.25) is 4.79 Å². The second-order valence-electron chi connectivity index (χ2n) is 5.65. The monoisotopic (exact) mass is 296 g/mol. The summed E-state index contributed by atoms with van der Waals surface area (Å²) in [5, 5.41) is 12.9. The highest BCUT2D eigenvalue weighted by Gasteiger charge is 2.35. The Labute approximate surface area is 130 Å². The van der Waals surface area contributed by atoms with Crippen LogP contribution in [0.5, 0.6) is 5.75 Å². The lowest BCUT2D eigenvalue weighted by Gasteiger charge is -2.41. The molecule has 2 aromatic rings. The predicted octanol–water partition coefficient (Wildman–Crippen LogP) is 3.76. The Morgan fingerprint density at radius 3 is 2.55 bits per heavy atom. The standard InChI is InChI=1S/C18H20N2O2/c1-3-12(2)20-17(13-8-10-14(21)11-9-13)19-16-7-5-4-6-15(16)18(20)22/h4-12,17,19,21H,3H2,1-2H3/t12-,17+/m1/s1. The first-order valence-electron chi connectivity index (χ1n) is 7.59. The van der Waals surface area contributed by atoms with Crippen LogP contribution in [0.2, 0.25) is 0 Å². The van der Waals surface area contributed by atoms with Crippen molar-refractivity contribution in [3.8, 4) is 5.75 Å². The molecule has 114 valence electrons. The van der Waals surface area contributed by atoms with Crippen molar-refractivity contribution >= 4 is 11.6 Å². The number of phenolic OH excluding ortho intramolecular Hbond substituents is 1. The number of carbonyl (C=O) groups excluding carboxylic acids is 1. The summed E-state index contributed by atoms with van der Waals surface area (Å²) in [6.45, 7) is 4.13. The van der Waals surface area contributed by atoms with Gasteiger partial charge in [-0.2, -0.15) is 0 Å². The van der Waals surface area contributed by atoms with E-state index in [1.165, 1.54) is 0 Å². The van der Waals surface area contributed by atoms with E-state index in [1.54, 1.807) is 12.1 Å². The highest BCUT2D eigenvalue weighted by Crippen LogP contribution is 2.35. The van der Waals surface area contributed by atoms with Crippen LogP contribution in [0.1, 0.15) is 42.4 Å². The molecule has 0 fully saturated rings. The predicted molar refractivity (Wildman–Crippen MR) is 86.8 cm³/mol. The van der Waals surface area contributed by atoms with Gasteiger partial charge in [0.05, 0.1) is 5.56 Å². The van der Waals surface area contributed by atoms with Gasteiger partial charge in [0.2, 0.25) is 0 Å². The summed E-state index contributed by atoms with van der Waals surface area (Å²) in [5.41, 5.74) is 2.52. The van der Waals surface area contributed by atoms with Crippen LogP contribution >= 0.6 is 0 Å². The summed E-state index contributed by atoms with van der Waals surface area (Å²) < 4.78 is 0. The lowest BCUT2D eigenvalue weighted by atomic mass is 10.0. The summed E-state index contributed by atoms with van der Waals surface area (Å²) in [7, 11) is 0. The Morgan fingerprint density at radius 1 is 1.18 bits per heavy atom. The van der Waals surface area contributed by atoms with Crippen LogP contribution in [0.15, 0.2) is 48.5 Å². The quantitative estimate of drug-likeness (QED) is 0.906. The van der Waals surface area contributed by atoms with E-state index >= 15 is 0 Å². The molecule has 0 spiro atoms. The first kappa shape index (κ1) is 14.4. The van der Waals surface area contributed by atoms with Gasteiger partial charge in [0.1, 0.15) is 11.9 Å². The van der Waals surface area contributed by atoms with Crippen LogP contribution in [-0.2, 0) is 0 Å². The molecule has 3 rings (SSSR count). The second-order valence-corrected chi connectivity index (χ2v) is 5.65. The van der Waals surface area contributed by atoms with Gasteiger partial charge in [0.25, 0.3) is 5.91 Å². The van der Waals surface area contributed by atoms with E-state index in [4.69, 9.17) is 0 Å². The molecule has 4 heteroatoms. The number of nitrogens with one attached hydrogen (secondary N) is 1. The van der Waals surface area contributed by atoms with E-state index in [-0.39, 0.29) is 23.9 Å². The Morgan fingerprint density at radius 2 is 1.86 bits per heavy atom. The molecular weight excluding hydrogens is 276 g/mol. The molecule has 2 aromatic carbocycles. The van der Waals surface area contributed by atoms with Crippen molar-refractivity contribution in [2.45, 2.75) is 32.5 Å². The van der Waals surface area contributed by atoms with Gasteiger partial charge in [0, 0.05) is 11.7 Å². The van der Waals surface area contributed by atoms with Crippen molar-refractivity contribution in [1.82, 2.24) is 4.90 Å². The molecule has 0 bridgehead atoms. The minimum absolute atomic E-state index is 0.0433. The summed E-state index contributed by atoms with van der Waals surface area (Å²) in [5.74, 6) is 0.267. The zero-order valence-electron chi connectivity index (χ0n) is 12.8. The number of hydrogen-bond donors (Lipinski definition) is 2. The topological polar surface area (TPSA) is 52.6 Å². The van der Waals surface area contributed by atoms with E-state index in [2.05, 4.69) is 19.2 Å². The minimum atomic E-state index is -0.224. The number of carbonyl (C=O) groups is 1. The number of rotatable bonds is 3. The highest BCUT2D eigenvalue weighted by molar-refractivity contribution is 6.01. The number of hydrogen-bond acceptors (Lipinski definition) is 3. The van der Waals surface area contributed by atoms with E-state index in [0.717, 1.165) is 17.7 Å². The average Bonchev–Trinajstić information content (AvgIpc) is 2.55. The van der Waals surface area contributed by atoms with Crippen LogP contribution in [0.3, 0.4) is 0 Å². The third-order valence-corrected chi connectivity index (χ3v) is 4.24. The van der Waals surface area contributed by atoms with Gasteiger partial charge in [-0.05, 0) is 43.2 Å². The molecular formula is C18H20N2O2. The zero-order valence-corrected chi connectivity index (χ0v) is 12.8. The molecule has 0 unspecified atom stereocenters. The number of amides is 1. The number of phenols is 1. The van der Waals surface area contributed by atoms with Crippen molar-refractivity contribution in [2.75, 3.05) is 5.32 Å². The molecule has 0 aromatic heterocycles. The van der Waals surface area contributed by atoms with Gasteiger partial charge >= 0.3 is 0 Å². The van der Waals surface area contributed by atoms with E-state index in [1.807, 2.05) is 41.3 Å². The number of benzene rings is 2. The van der Waals surface area contributed by atoms with E-state index in [9.17, 15) is 9.90 Å². The van der Waals surface area contributed by atoms with Gasteiger partial charge in [-0.25, -0.2) is 0 Å². The molecule has 22 heavy (non-hydrogen) atoms. The Bertz CT molecular complexity index is 682. The summed E-state index contributed by atoms with van der Waals surface area (Å²) in [6, 6.07) is 14.7. The zero-order chi connectivity index (χ0) is 15.7. The smallest absolute Gasteiger partial charge is 0.258 e. The van der Waals surface area contributed by atoms with Crippen molar-refractivity contribution in [3.63, 3.8) is 0 Å². The van der Waals surface area contributed by atoms with Gasteiger partial charge < -0.3 is 15.3 Å². The van der Waals surface area contributed by atoms with Gasteiger partial charge in [-0.1, -0.05) is 31.2 Å². The van der Waals surface area contributed by atoms with Crippen molar-refractivity contribution in [3.05, 3.63) is 59.7 Å². The fraction of sp³-hybridized carbons (Fsp3) is 0.278. The summed E-state index contributed by atoms with van der Waals surface area (Å²) in [6.07, 6.45) is 0.655. The van der Waals surface area contributed by atoms with Crippen molar-refractivity contribution in [2.24, 2.45) is 0 Å². The minimum Gasteiger partial charge on any atom is -0.508 e. The van der Waals surface area contributed by atoms with E-state index < -0.39 is 0 Å². The summed E-state index contributed by atoms with van der Waals surface area (Å²) >= 11 is 0. The van der Waals surface area contributed by atoms with Crippen LogP contribution in [0.4, 0.5) is 5.69 Å². The molecule has 2 N–H and O–H groups in total. The number of aromatic hydroxyl groups is 1. The third kappa shape index (κ3) is 2.41. The maximum absolute atomic E-state index is 12.9. The Hall–Kier alpha value is -2.49. The fourth-order valence-electron chi connectivity index (χ4n) is 2.82. The van der Waals surface area contributed by atoms with Crippen LogP contribution in [0.25, 0.3) is 0 Å². The van der Waals surface area contributed by atoms with Crippen molar-refractivity contribution < 1.29 is 9.90 Å². The van der Waals surface area contributed by atoms with Crippen LogP contribution in [-0.4, -0.2) is 22.0 Å². The Kier molecular flexibility index (Phi) is 3.75. The maximum Gasteiger partial charge on any atom is 0.258 e. The first-order valence-corrected chi connectivity index (χ1v) is 7.59. The van der Waals surface area contributed by atoms with E-state index in [0.29, 0.717) is 5.56 Å². The lowest BCUT2D eigenvalue weighted by Crippen LogP contribution is -2.47. The maximum atomic E-state index is 12.9. The molecule has 0 saturated heterocycles. The molecule has 2 atom stereocenters. The lowest BCUT2D eigenvalue weighted by molar-refractivity contribution is 0.0593. The Balaban J connectivity index is 2.06. The highest BCUT2D eigenvalue weighted by atomic mass is 16.3. The van der Waals surface area contributed by atoms with Crippen molar-refractivity contribution in [1.29, 1.82) is 0 Å². The number of fused-ring (bicyclic) bond motifs is 1. The van der Waals surface area contributed by atoms with Gasteiger partial charge in [0.15, 0.2) is 0 Å². The number of para-hydroxylation sites is 1. The SMILES string of the molecule is CC[C@@H](C)N1C(=O)c2ccccc2N[C@@H]1c1ccc(O)cc1. The summed E-state index contributed by atoms with van der Waals surface area (Å²) in [4.78, 5) is 14.8. The first-order chi connectivity index (χ1) is 10.6. The van der Waals surface area contributed by atoms with Crippen LogP contribution < -0.4 is 5.32 Å². The molecule has 0 aliphatic carbocycles. The second kappa shape index (κ2) is 5.72. The largest absolute Gasteiger partial charge is 0.508 e. The molecule has 0 saturated carbocycles. The molecule has 0 radical (unpaired) electrons. The molecule has 1 aliphatic rings.